The molecule has 17 heavy (non-hydrogen) atoms. The van der Waals surface area contributed by atoms with Crippen LogP contribution in [0.5, 0.6) is 0 Å². The largest absolute Gasteiger partial charge is 0.469 e. The number of carbonyl (C=O) groups is 2. The van der Waals surface area contributed by atoms with E-state index in [0.717, 1.165) is 0 Å². The molecule has 0 bridgehead atoms. The van der Waals surface area contributed by atoms with Gasteiger partial charge in [-0.25, -0.2) is 4.79 Å². The third-order valence-corrected chi connectivity index (χ3v) is 2.74. The van der Waals surface area contributed by atoms with Crippen LogP contribution in [-0.2, 0) is 14.3 Å². The molecular formula is C12H21NO4. The van der Waals surface area contributed by atoms with Gasteiger partial charge in [0.1, 0.15) is 5.60 Å². The summed E-state index contributed by atoms with van der Waals surface area (Å²) in [5.41, 5.74) is -0.514. The standard InChI is InChI=1S/C12H21NO4/c1-8-6-9(10(14)16-5)7-13(8)11(15)17-12(2,3)4/h8-9H,6-7H2,1-5H3. The first-order chi connectivity index (χ1) is 7.74. The van der Waals surface area contributed by atoms with E-state index in [-0.39, 0.29) is 24.0 Å². The van der Waals surface area contributed by atoms with E-state index in [4.69, 9.17) is 9.47 Å². The average Bonchev–Trinajstić information content (AvgIpc) is 2.56. The lowest BCUT2D eigenvalue weighted by Gasteiger charge is -2.26. The highest BCUT2D eigenvalue weighted by atomic mass is 16.6. The molecule has 0 aromatic heterocycles. The molecule has 0 aromatic rings. The van der Waals surface area contributed by atoms with Crippen molar-refractivity contribution in [3.63, 3.8) is 0 Å². The number of rotatable bonds is 1. The van der Waals surface area contributed by atoms with Crippen molar-refractivity contribution in [1.82, 2.24) is 4.90 Å². The Labute approximate surface area is 102 Å². The van der Waals surface area contributed by atoms with Crippen LogP contribution in [0.4, 0.5) is 4.79 Å². The van der Waals surface area contributed by atoms with Gasteiger partial charge in [0.25, 0.3) is 0 Å². The summed E-state index contributed by atoms with van der Waals surface area (Å²) in [5, 5.41) is 0. The molecule has 0 saturated carbocycles. The van der Waals surface area contributed by atoms with Crippen LogP contribution in [0, 0.1) is 5.92 Å². The van der Waals surface area contributed by atoms with E-state index in [1.807, 2.05) is 27.7 Å². The number of methoxy groups -OCH3 is 1. The fourth-order valence-electron chi connectivity index (χ4n) is 1.94. The lowest BCUT2D eigenvalue weighted by atomic mass is 10.1. The molecule has 1 aliphatic heterocycles. The van der Waals surface area contributed by atoms with Gasteiger partial charge >= 0.3 is 12.1 Å². The van der Waals surface area contributed by atoms with Gasteiger partial charge in [0.15, 0.2) is 0 Å². The highest BCUT2D eigenvalue weighted by Crippen LogP contribution is 2.25. The molecule has 1 aliphatic rings. The van der Waals surface area contributed by atoms with Gasteiger partial charge in [-0.2, -0.15) is 0 Å². The zero-order chi connectivity index (χ0) is 13.2. The monoisotopic (exact) mass is 243 g/mol. The molecule has 0 aromatic carbocycles. The van der Waals surface area contributed by atoms with Crippen molar-refractivity contribution in [3.05, 3.63) is 0 Å². The number of hydrogen-bond donors (Lipinski definition) is 0. The van der Waals surface area contributed by atoms with E-state index in [2.05, 4.69) is 0 Å². The van der Waals surface area contributed by atoms with Crippen LogP contribution < -0.4 is 0 Å². The highest BCUT2D eigenvalue weighted by Gasteiger charge is 2.38. The predicted octanol–water partition coefficient (Wildman–Crippen LogP) is 1.80. The van der Waals surface area contributed by atoms with Gasteiger partial charge in [-0.15, -0.1) is 0 Å². The smallest absolute Gasteiger partial charge is 0.410 e. The first kappa shape index (κ1) is 13.8. The lowest BCUT2D eigenvalue weighted by Crippen LogP contribution is -2.39. The molecular weight excluding hydrogens is 222 g/mol. The minimum absolute atomic E-state index is 0.00829. The number of likely N-dealkylation sites (tertiary alicyclic amines) is 1. The molecule has 0 radical (unpaired) electrons. The number of ether oxygens (including phenoxy) is 2. The summed E-state index contributed by atoms with van der Waals surface area (Å²) in [7, 11) is 1.36. The number of nitrogens with zero attached hydrogens (tertiary/aromatic N) is 1. The van der Waals surface area contributed by atoms with Crippen molar-refractivity contribution >= 4 is 12.1 Å². The Kier molecular flexibility index (Phi) is 4.01. The van der Waals surface area contributed by atoms with E-state index in [1.54, 1.807) is 4.90 Å². The van der Waals surface area contributed by atoms with E-state index >= 15 is 0 Å². The summed E-state index contributed by atoms with van der Waals surface area (Å²) in [6, 6.07) is 0.00829. The SMILES string of the molecule is COC(=O)C1CC(C)N(C(=O)OC(C)(C)C)C1. The Bertz CT molecular complexity index is 308. The molecule has 1 saturated heterocycles. The number of hydrogen-bond acceptors (Lipinski definition) is 4. The fraction of sp³-hybridized carbons (Fsp3) is 0.833. The summed E-state index contributed by atoms with van der Waals surface area (Å²) in [6.45, 7) is 7.76. The number of amides is 1. The van der Waals surface area contributed by atoms with E-state index in [9.17, 15) is 9.59 Å². The van der Waals surface area contributed by atoms with E-state index in [0.29, 0.717) is 13.0 Å². The first-order valence-electron chi connectivity index (χ1n) is 5.82. The zero-order valence-electron chi connectivity index (χ0n) is 11.1. The average molecular weight is 243 g/mol. The van der Waals surface area contributed by atoms with Gasteiger partial charge in [-0.05, 0) is 34.1 Å². The van der Waals surface area contributed by atoms with Crippen molar-refractivity contribution in [1.29, 1.82) is 0 Å². The first-order valence-corrected chi connectivity index (χ1v) is 5.82. The summed E-state index contributed by atoms with van der Waals surface area (Å²) in [5.74, 6) is -0.495. The van der Waals surface area contributed by atoms with E-state index in [1.165, 1.54) is 7.11 Å². The second-order valence-electron chi connectivity index (χ2n) is 5.44. The molecule has 1 rings (SSSR count). The minimum Gasteiger partial charge on any atom is -0.469 e. The number of esters is 1. The molecule has 1 heterocycles. The van der Waals surface area contributed by atoms with Crippen LogP contribution in [0.15, 0.2) is 0 Å². The molecule has 1 amide bonds. The van der Waals surface area contributed by atoms with Crippen LogP contribution in [0.2, 0.25) is 0 Å². The van der Waals surface area contributed by atoms with Crippen LogP contribution >= 0.6 is 0 Å². The molecule has 2 atom stereocenters. The molecule has 5 heteroatoms. The van der Waals surface area contributed by atoms with E-state index < -0.39 is 5.60 Å². The maximum Gasteiger partial charge on any atom is 0.410 e. The summed E-state index contributed by atoms with van der Waals surface area (Å²) in [6.07, 6.45) is 0.266. The molecule has 0 N–H and O–H groups in total. The summed E-state index contributed by atoms with van der Waals surface area (Å²) in [4.78, 5) is 24.9. The summed E-state index contributed by atoms with van der Waals surface area (Å²) >= 11 is 0. The minimum atomic E-state index is -0.514. The van der Waals surface area contributed by atoms with Gasteiger partial charge in [-0.1, -0.05) is 0 Å². The van der Waals surface area contributed by atoms with Crippen LogP contribution in [0.1, 0.15) is 34.1 Å². The topological polar surface area (TPSA) is 55.8 Å². The molecule has 0 spiro atoms. The Morgan fingerprint density at radius 3 is 2.35 bits per heavy atom. The zero-order valence-corrected chi connectivity index (χ0v) is 11.1. The quantitative estimate of drug-likeness (QED) is 0.659. The van der Waals surface area contributed by atoms with Crippen molar-refractivity contribution in [2.24, 2.45) is 5.92 Å². The molecule has 5 nitrogen and oxygen atoms in total. The Hall–Kier alpha value is -1.26. The maximum absolute atomic E-state index is 11.9. The summed E-state index contributed by atoms with van der Waals surface area (Å²) < 4.78 is 9.98. The van der Waals surface area contributed by atoms with Gasteiger partial charge in [-0.3, -0.25) is 4.79 Å². The Morgan fingerprint density at radius 2 is 1.88 bits per heavy atom. The van der Waals surface area contributed by atoms with Gasteiger partial charge in [0.2, 0.25) is 0 Å². The predicted molar refractivity (Wildman–Crippen MR) is 62.5 cm³/mol. The molecule has 2 unspecified atom stereocenters. The Morgan fingerprint density at radius 1 is 1.29 bits per heavy atom. The number of carbonyl (C=O) groups excluding carboxylic acids is 2. The third-order valence-electron chi connectivity index (χ3n) is 2.74. The van der Waals surface area contributed by atoms with Gasteiger partial charge < -0.3 is 14.4 Å². The normalized spacial score (nSPS) is 24.6. The third kappa shape index (κ3) is 3.61. The van der Waals surface area contributed by atoms with Crippen molar-refractivity contribution in [3.8, 4) is 0 Å². The van der Waals surface area contributed by atoms with Gasteiger partial charge in [0.05, 0.1) is 13.0 Å². The van der Waals surface area contributed by atoms with Crippen LogP contribution in [0.25, 0.3) is 0 Å². The Balaban J connectivity index is 2.62. The second kappa shape index (κ2) is 4.94. The van der Waals surface area contributed by atoms with Crippen LogP contribution in [0.3, 0.4) is 0 Å². The molecule has 98 valence electrons. The second-order valence-corrected chi connectivity index (χ2v) is 5.44. The molecule has 0 aliphatic carbocycles. The molecule has 1 fully saturated rings. The van der Waals surface area contributed by atoms with Crippen molar-refractivity contribution in [2.45, 2.75) is 45.8 Å². The fourth-order valence-corrected chi connectivity index (χ4v) is 1.94. The highest BCUT2D eigenvalue weighted by molar-refractivity contribution is 5.76. The van der Waals surface area contributed by atoms with Crippen LogP contribution in [-0.4, -0.2) is 42.3 Å². The lowest BCUT2D eigenvalue weighted by molar-refractivity contribution is -0.144. The van der Waals surface area contributed by atoms with Crippen molar-refractivity contribution < 1.29 is 19.1 Å². The van der Waals surface area contributed by atoms with Gasteiger partial charge in [0, 0.05) is 12.6 Å². The maximum atomic E-state index is 11.9. The van der Waals surface area contributed by atoms with Crippen molar-refractivity contribution in [2.75, 3.05) is 13.7 Å².